The van der Waals surface area contributed by atoms with Crippen molar-refractivity contribution in [2.75, 3.05) is 19.8 Å². The fourth-order valence-corrected chi connectivity index (χ4v) is 2.97. The van der Waals surface area contributed by atoms with E-state index in [1.54, 1.807) is 12.1 Å². The molecule has 1 rings (SSSR count). The molecule has 0 heterocycles. The van der Waals surface area contributed by atoms with Gasteiger partial charge < -0.3 is 14.9 Å². The van der Waals surface area contributed by atoms with Crippen molar-refractivity contribution in [3.63, 3.8) is 0 Å². The SMILES string of the molecule is CCOc1ccc(S(=O)(=O)NCC(C)(CO)CC(=O)O)cc1. The van der Waals surface area contributed by atoms with Gasteiger partial charge in [-0.2, -0.15) is 0 Å². The van der Waals surface area contributed by atoms with Gasteiger partial charge in [-0.15, -0.1) is 0 Å². The zero-order valence-electron chi connectivity index (χ0n) is 12.6. The van der Waals surface area contributed by atoms with E-state index in [1.165, 1.54) is 19.1 Å². The molecular formula is C14H21NO6S. The van der Waals surface area contributed by atoms with Crippen LogP contribution in [0.2, 0.25) is 0 Å². The van der Waals surface area contributed by atoms with Crippen LogP contribution in [0.1, 0.15) is 20.3 Å². The number of hydrogen-bond acceptors (Lipinski definition) is 5. The third kappa shape index (κ3) is 5.28. The molecule has 22 heavy (non-hydrogen) atoms. The molecule has 1 unspecified atom stereocenters. The topological polar surface area (TPSA) is 113 Å². The number of carboxylic acids is 1. The highest BCUT2D eigenvalue weighted by atomic mass is 32.2. The van der Waals surface area contributed by atoms with E-state index in [9.17, 15) is 18.3 Å². The molecule has 0 aliphatic heterocycles. The Kier molecular flexibility index (Phi) is 6.34. The normalized spacial score (nSPS) is 14.3. The number of ether oxygens (including phenoxy) is 1. The Morgan fingerprint density at radius 2 is 1.91 bits per heavy atom. The van der Waals surface area contributed by atoms with Crippen molar-refractivity contribution < 1.29 is 28.2 Å². The van der Waals surface area contributed by atoms with Crippen molar-refractivity contribution >= 4 is 16.0 Å². The van der Waals surface area contributed by atoms with Crippen molar-refractivity contribution in [3.05, 3.63) is 24.3 Å². The lowest BCUT2D eigenvalue weighted by Gasteiger charge is -2.25. The average Bonchev–Trinajstić information content (AvgIpc) is 2.46. The Labute approximate surface area is 130 Å². The number of benzene rings is 1. The summed E-state index contributed by atoms with van der Waals surface area (Å²) in [6, 6.07) is 5.89. The predicted molar refractivity (Wildman–Crippen MR) is 80.2 cm³/mol. The third-order valence-corrected chi connectivity index (χ3v) is 4.51. The quantitative estimate of drug-likeness (QED) is 0.618. The Morgan fingerprint density at radius 3 is 2.36 bits per heavy atom. The first-order chi connectivity index (χ1) is 10.2. The van der Waals surface area contributed by atoms with E-state index >= 15 is 0 Å². The molecule has 0 bridgehead atoms. The van der Waals surface area contributed by atoms with Gasteiger partial charge in [0, 0.05) is 12.0 Å². The number of sulfonamides is 1. The second-order valence-electron chi connectivity index (χ2n) is 5.27. The van der Waals surface area contributed by atoms with E-state index < -0.39 is 28.0 Å². The lowest BCUT2D eigenvalue weighted by atomic mass is 9.88. The molecule has 3 N–H and O–H groups in total. The molecule has 0 saturated heterocycles. The van der Waals surface area contributed by atoms with E-state index in [0.29, 0.717) is 12.4 Å². The van der Waals surface area contributed by atoms with Crippen molar-refractivity contribution in [1.29, 1.82) is 0 Å². The maximum absolute atomic E-state index is 12.2. The van der Waals surface area contributed by atoms with Gasteiger partial charge in [0.25, 0.3) is 0 Å². The van der Waals surface area contributed by atoms with E-state index in [2.05, 4.69) is 4.72 Å². The first-order valence-electron chi connectivity index (χ1n) is 6.77. The molecule has 124 valence electrons. The monoisotopic (exact) mass is 331 g/mol. The second kappa shape index (κ2) is 7.57. The minimum absolute atomic E-state index is 0.0477. The van der Waals surface area contributed by atoms with Crippen LogP contribution in [0.25, 0.3) is 0 Å². The maximum atomic E-state index is 12.2. The Bertz CT molecular complexity index is 598. The fourth-order valence-electron chi connectivity index (χ4n) is 1.77. The largest absolute Gasteiger partial charge is 0.494 e. The lowest BCUT2D eigenvalue weighted by Crippen LogP contribution is -2.39. The number of carboxylic acid groups (broad SMARTS) is 1. The van der Waals surface area contributed by atoms with Crippen LogP contribution in [-0.4, -0.2) is 44.4 Å². The molecule has 0 amide bonds. The van der Waals surface area contributed by atoms with E-state index in [-0.39, 0.29) is 17.9 Å². The van der Waals surface area contributed by atoms with E-state index in [0.717, 1.165) is 0 Å². The molecule has 0 fully saturated rings. The minimum atomic E-state index is -3.78. The van der Waals surface area contributed by atoms with Gasteiger partial charge in [0.05, 0.1) is 24.5 Å². The van der Waals surface area contributed by atoms with Gasteiger partial charge in [0.15, 0.2) is 0 Å². The van der Waals surface area contributed by atoms with Crippen LogP contribution in [0.5, 0.6) is 5.75 Å². The van der Waals surface area contributed by atoms with Crippen LogP contribution in [0, 0.1) is 5.41 Å². The molecule has 1 aromatic carbocycles. The molecule has 0 radical (unpaired) electrons. The zero-order chi connectivity index (χ0) is 16.8. The molecule has 1 atom stereocenters. The molecule has 7 nitrogen and oxygen atoms in total. The molecule has 0 aliphatic rings. The molecule has 0 saturated carbocycles. The van der Waals surface area contributed by atoms with Crippen molar-refractivity contribution in [3.8, 4) is 5.75 Å². The number of nitrogens with one attached hydrogen (secondary N) is 1. The average molecular weight is 331 g/mol. The Morgan fingerprint density at radius 1 is 1.32 bits per heavy atom. The number of aliphatic carboxylic acids is 1. The van der Waals surface area contributed by atoms with E-state index in [1.807, 2.05) is 6.92 Å². The summed E-state index contributed by atoms with van der Waals surface area (Å²) in [4.78, 5) is 10.8. The van der Waals surface area contributed by atoms with Crippen LogP contribution in [-0.2, 0) is 14.8 Å². The molecule has 8 heteroatoms. The highest BCUT2D eigenvalue weighted by Crippen LogP contribution is 2.21. The minimum Gasteiger partial charge on any atom is -0.494 e. The van der Waals surface area contributed by atoms with Crippen LogP contribution in [0.4, 0.5) is 0 Å². The van der Waals surface area contributed by atoms with Gasteiger partial charge in [0.2, 0.25) is 10.0 Å². The molecule has 0 aromatic heterocycles. The third-order valence-electron chi connectivity index (χ3n) is 3.09. The Balaban J connectivity index is 2.80. The highest BCUT2D eigenvalue weighted by molar-refractivity contribution is 7.89. The van der Waals surface area contributed by atoms with Crippen LogP contribution in [0.15, 0.2) is 29.2 Å². The molecule has 0 aliphatic carbocycles. The summed E-state index contributed by atoms with van der Waals surface area (Å²) in [7, 11) is -3.78. The smallest absolute Gasteiger partial charge is 0.304 e. The maximum Gasteiger partial charge on any atom is 0.304 e. The zero-order valence-corrected chi connectivity index (χ0v) is 13.4. The number of hydrogen-bond donors (Lipinski definition) is 3. The van der Waals surface area contributed by atoms with Gasteiger partial charge in [-0.05, 0) is 31.2 Å². The van der Waals surface area contributed by atoms with E-state index in [4.69, 9.17) is 9.84 Å². The fraction of sp³-hybridized carbons (Fsp3) is 0.500. The second-order valence-corrected chi connectivity index (χ2v) is 7.04. The van der Waals surface area contributed by atoms with Crippen molar-refractivity contribution in [2.45, 2.75) is 25.2 Å². The van der Waals surface area contributed by atoms with Gasteiger partial charge in [-0.1, -0.05) is 6.92 Å². The molecule has 0 spiro atoms. The summed E-state index contributed by atoms with van der Waals surface area (Å²) < 4.78 is 31.9. The molecule has 1 aromatic rings. The first kappa shape index (κ1) is 18.4. The van der Waals surface area contributed by atoms with Gasteiger partial charge in [-0.3, -0.25) is 4.79 Å². The van der Waals surface area contributed by atoms with Crippen LogP contribution in [0.3, 0.4) is 0 Å². The lowest BCUT2D eigenvalue weighted by molar-refractivity contribution is -0.140. The summed E-state index contributed by atoms with van der Waals surface area (Å²) in [6.45, 7) is 3.19. The standard InChI is InChI=1S/C14H21NO6S/c1-3-21-11-4-6-12(7-5-11)22(19,20)15-9-14(2,10-16)8-13(17)18/h4-7,15-16H,3,8-10H2,1-2H3,(H,17,18). The number of aliphatic hydroxyl groups is 1. The van der Waals surface area contributed by atoms with Crippen molar-refractivity contribution in [1.82, 2.24) is 4.72 Å². The number of aliphatic hydroxyl groups excluding tert-OH is 1. The van der Waals surface area contributed by atoms with Gasteiger partial charge in [-0.25, -0.2) is 13.1 Å². The summed E-state index contributed by atoms with van der Waals surface area (Å²) in [5.74, 6) is -0.538. The summed E-state index contributed by atoms with van der Waals surface area (Å²) >= 11 is 0. The summed E-state index contributed by atoms with van der Waals surface area (Å²) in [5.41, 5.74) is -1.07. The number of rotatable bonds is 9. The molecular weight excluding hydrogens is 310 g/mol. The van der Waals surface area contributed by atoms with Crippen LogP contribution < -0.4 is 9.46 Å². The van der Waals surface area contributed by atoms with Crippen molar-refractivity contribution in [2.24, 2.45) is 5.41 Å². The summed E-state index contributed by atoms with van der Waals surface area (Å²) in [6.07, 6.45) is -0.338. The summed E-state index contributed by atoms with van der Waals surface area (Å²) in [5, 5.41) is 18.1. The number of carbonyl (C=O) groups is 1. The predicted octanol–water partition coefficient (Wildman–Crippen LogP) is 0.837. The first-order valence-corrected chi connectivity index (χ1v) is 8.26. The van der Waals surface area contributed by atoms with Gasteiger partial charge >= 0.3 is 5.97 Å². The van der Waals surface area contributed by atoms with Gasteiger partial charge in [0.1, 0.15) is 5.75 Å². The highest BCUT2D eigenvalue weighted by Gasteiger charge is 2.29. The Hall–Kier alpha value is -1.64. The van der Waals surface area contributed by atoms with Crippen LogP contribution >= 0.6 is 0 Å².